The highest BCUT2D eigenvalue weighted by molar-refractivity contribution is 6.67. The predicted octanol–water partition coefficient (Wildman–Crippen LogP) is 2.37. The largest absolute Gasteiger partial charge is 0.463 e. The third-order valence-electron chi connectivity index (χ3n) is 6.42. The van der Waals surface area contributed by atoms with Gasteiger partial charge in [-0.15, -0.1) is 0 Å². The van der Waals surface area contributed by atoms with Crippen LogP contribution in [0.2, 0.25) is 0 Å². The van der Waals surface area contributed by atoms with Crippen molar-refractivity contribution in [2.75, 3.05) is 26.4 Å². The van der Waals surface area contributed by atoms with Gasteiger partial charge in [-0.25, -0.2) is 14.4 Å². The third kappa shape index (κ3) is 18.0. The van der Waals surface area contributed by atoms with Crippen molar-refractivity contribution < 1.29 is 71.5 Å². The number of rotatable bonds is 15. The summed E-state index contributed by atoms with van der Waals surface area (Å²) in [6, 6.07) is 5.39. The molecule has 1 aromatic rings. The second-order valence-electron chi connectivity index (χ2n) is 12.3. The lowest BCUT2D eigenvalue weighted by atomic mass is 9.96. The Labute approximate surface area is 320 Å². The Morgan fingerprint density at radius 3 is 2.02 bits per heavy atom. The van der Waals surface area contributed by atoms with E-state index in [0.29, 0.717) is 5.56 Å². The molecule has 1 aromatic carbocycles. The van der Waals surface area contributed by atoms with Crippen LogP contribution in [0.15, 0.2) is 30.3 Å². The van der Waals surface area contributed by atoms with Gasteiger partial charge in [-0.2, -0.15) is 0 Å². The lowest BCUT2D eigenvalue weighted by Crippen LogP contribution is -2.67. The molecule has 0 bridgehead atoms. The number of esters is 4. The van der Waals surface area contributed by atoms with Crippen molar-refractivity contribution in [1.29, 1.82) is 0 Å². The molecule has 21 heteroatoms. The fourth-order valence-electron chi connectivity index (χ4n) is 4.42. The Hall–Kier alpha value is -4.10. The van der Waals surface area contributed by atoms with Crippen LogP contribution in [0.4, 0.5) is 9.59 Å². The van der Waals surface area contributed by atoms with E-state index in [-0.39, 0.29) is 6.61 Å². The van der Waals surface area contributed by atoms with Crippen LogP contribution >= 0.6 is 34.8 Å². The van der Waals surface area contributed by atoms with Crippen LogP contribution in [0.1, 0.15) is 47.1 Å². The van der Waals surface area contributed by atoms with Gasteiger partial charge in [-0.1, -0.05) is 65.1 Å². The highest BCUT2D eigenvalue weighted by Crippen LogP contribution is 2.29. The summed E-state index contributed by atoms with van der Waals surface area (Å²) in [5.41, 5.74) is -0.247. The molecule has 6 atom stereocenters. The number of alkyl halides is 3. The maximum absolute atomic E-state index is 13.3. The molecule has 0 aromatic heterocycles. The minimum Gasteiger partial charge on any atom is -0.463 e. The molecule has 296 valence electrons. The first-order valence-corrected chi connectivity index (χ1v) is 17.0. The Bertz CT molecular complexity index is 1440. The highest BCUT2D eigenvalue weighted by Gasteiger charge is 2.52. The topological polar surface area (TPSA) is 229 Å². The van der Waals surface area contributed by atoms with Crippen molar-refractivity contribution in [3.63, 3.8) is 0 Å². The van der Waals surface area contributed by atoms with Crippen LogP contribution in [0.25, 0.3) is 0 Å². The monoisotopic (exact) mass is 813 g/mol. The summed E-state index contributed by atoms with van der Waals surface area (Å²) in [5, 5.41) is 7.00. The summed E-state index contributed by atoms with van der Waals surface area (Å²) >= 11 is 17.1. The van der Waals surface area contributed by atoms with Gasteiger partial charge in [0.25, 0.3) is 0 Å². The predicted molar refractivity (Wildman–Crippen MR) is 183 cm³/mol. The van der Waals surface area contributed by atoms with Gasteiger partial charge >= 0.3 is 36.1 Å². The molecule has 1 aliphatic rings. The minimum atomic E-state index is -2.02. The van der Waals surface area contributed by atoms with Crippen molar-refractivity contribution in [2.45, 2.75) is 94.2 Å². The van der Waals surface area contributed by atoms with Gasteiger partial charge in [0, 0.05) is 20.8 Å². The van der Waals surface area contributed by atoms with Gasteiger partial charge in [0.1, 0.15) is 44.1 Å². The number of carbonyl (C=O) groups excluding carboxylic acids is 7. The third-order valence-corrected chi connectivity index (χ3v) is 6.74. The lowest BCUT2D eigenvalue weighted by Gasteiger charge is -2.45. The number of hydrogen-bond acceptors (Lipinski definition) is 15. The first-order valence-electron chi connectivity index (χ1n) is 15.8. The number of nitrogens with one attached hydrogen (secondary N) is 3. The fraction of sp³-hybridized carbons (Fsp3) is 0.594. The van der Waals surface area contributed by atoms with Gasteiger partial charge in [-0.3, -0.25) is 19.2 Å². The molecule has 0 radical (unpaired) electrons. The van der Waals surface area contributed by atoms with E-state index in [9.17, 15) is 33.6 Å². The molecule has 0 aliphatic carbocycles. The summed E-state index contributed by atoms with van der Waals surface area (Å²) in [6.45, 7) is 5.16. The van der Waals surface area contributed by atoms with Crippen molar-refractivity contribution >= 4 is 76.8 Å². The number of ether oxygens (including phenoxy) is 8. The summed E-state index contributed by atoms with van der Waals surface area (Å²) in [7, 11) is 0. The van der Waals surface area contributed by atoms with Gasteiger partial charge in [0.15, 0.2) is 24.5 Å². The van der Waals surface area contributed by atoms with Crippen LogP contribution in [0, 0.1) is 0 Å². The summed E-state index contributed by atoms with van der Waals surface area (Å²) in [4.78, 5) is 87.3. The SMILES string of the molecule is CC(=O)OC[C@H]1O[C@@H](OC[C@H](NC(=O)CNC(=O)OC(C)(C)C)C(=O)OCc2ccccc2)[C@H](NC(=O)OCC(Cl)(Cl)Cl)[C@@H](OC(C)=O)[C@@H]1OC(C)=O. The average Bonchev–Trinajstić information content (AvgIpc) is 3.04. The summed E-state index contributed by atoms with van der Waals surface area (Å²) in [6.07, 6.45) is -8.37. The number of halogens is 3. The van der Waals surface area contributed by atoms with E-state index < -0.39 is 114 Å². The molecular weight excluding hydrogens is 773 g/mol. The summed E-state index contributed by atoms with van der Waals surface area (Å²) < 4.78 is 41.2. The van der Waals surface area contributed by atoms with Gasteiger partial charge in [0.05, 0.1) is 6.61 Å². The molecular formula is C32H42Cl3N3O15. The van der Waals surface area contributed by atoms with E-state index in [1.54, 1.807) is 51.1 Å². The molecule has 2 rings (SSSR count). The van der Waals surface area contributed by atoms with E-state index in [1.165, 1.54) is 0 Å². The molecule has 0 unspecified atom stereocenters. The van der Waals surface area contributed by atoms with E-state index in [0.717, 1.165) is 20.8 Å². The molecule has 0 saturated carbocycles. The van der Waals surface area contributed by atoms with Crippen molar-refractivity contribution in [3.8, 4) is 0 Å². The second kappa shape index (κ2) is 21.0. The van der Waals surface area contributed by atoms with Crippen LogP contribution < -0.4 is 16.0 Å². The van der Waals surface area contributed by atoms with E-state index in [1.807, 2.05) is 0 Å². The van der Waals surface area contributed by atoms with E-state index in [2.05, 4.69) is 16.0 Å². The van der Waals surface area contributed by atoms with Crippen molar-refractivity contribution in [2.24, 2.45) is 0 Å². The number of carbonyl (C=O) groups is 7. The zero-order valence-corrected chi connectivity index (χ0v) is 31.9. The molecule has 1 heterocycles. The maximum Gasteiger partial charge on any atom is 0.408 e. The quantitative estimate of drug-likeness (QED) is 0.131. The Morgan fingerprint density at radius 1 is 0.830 bits per heavy atom. The first-order chi connectivity index (χ1) is 24.6. The highest BCUT2D eigenvalue weighted by atomic mass is 35.6. The molecule has 0 spiro atoms. The Kier molecular flexibility index (Phi) is 17.8. The molecule has 18 nitrogen and oxygen atoms in total. The standard InChI is InChI=1S/C32H42Cl3N3O15/c1-17(39)46-15-22-25(50-18(2)40)26(51-19(3)41)24(38-30(45)49-16-32(33,34)35)28(52-22)48-14-21(27(43)47-13-20-10-8-7-9-11-20)37-23(42)12-36-29(44)53-31(4,5)6/h7-11,21-22,24-26,28H,12-16H2,1-6H3,(H,36,44)(H,37,42)(H,38,45)/t21-,22+,24+,25+,26+,28+/m0/s1. The smallest absolute Gasteiger partial charge is 0.408 e. The second-order valence-corrected chi connectivity index (χ2v) is 14.8. The molecule has 53 heavy (non-hydrogen) atoms. The van der Waals surface area contributed by atoms with Crippen LogP contribution in [0.3, 0.4) is 0 Å². The Balaban J connectivity index is 2.44. The Morgan fingerprint density at radius 2 is 1.45 bits per heavy atom. The molecule has 3 amide bonds. The van der Waals surface area contributed by atoms with Crippen LogP contribution in [-0.2, 0) is 68.5 Å². The molecule has 3 N–H and O–H groups in total. The van der Waals surface area contributed by atoms with Gasteiger partial charge in [-0.05, 0) is 26.3 Å². The fourth-order valence-corrected chi connectivity index (χ4v) is 4.59. The van der Waals surface area contributed by atoms with E-state index in [4.69, 9.17) is 72.7 Å². The van der Waals surface area contributed by atoms with Crippen LogP contribution in [0.5, 0.6) is 0 Å². The minimum absolute atomic E-state index is 0.204. The lowest BCUT2D eigenvalue weighted by molar-refractivity contribution is -0.278. The van der Waals surface area contributed by atoms with Crippen molar-refractivity contribution in [3.05, 3.63) is 35.9 Å². The number of hydrogen-bond donors (Lipinski definition) is 3. The molecule has 1 fully saturated rings. The molecule has 1 aliphatic heterocycles. The maximum atomic E-state index is 13.3. The first kappa shape index (κ1) is 45.1. The number of benzene rings is 1. The van der Waals surface area contributed by atoms with Gasteiger partial charge in [0.2, 0.25) is 9.70 Å². The summed E-state index contributed by atoms with van der Waals surface area (Å²) in [5.74, 6) is -4.39. The molecule has 1 saturated heterocycles. The average molecular weight is 815 g/mol. The van der Waals surface area contributed by atoms with Crippen LogP contribution in [-0.4, -0.2) is 114 Å². The van der Waals surface area contributed by atoms with E-state index >= 15 is 0 Å². The van der Waals surface area contributed by atoms with Crippen molar-refractivity contribution in [1.82, 2.24) is 16.0 Å². The van der Waals surface area contributed by atoms with Gasteiger partial charge < -0.3 is 53.8 Å². The zero-order valence-electron chi connectivity index (χ0n) is 29.6. The number of amides is 3. The normalized spacial score (nSPS) is 20.4. The zero-order chi connectivity index (χ0) is 39.9. The number of alkyl carbamates (subject to hydrolysis) is 2.